The Labute approximate surface area is 252 Å². The second-order valence-electron chi connectivity index (χ2n) is 10.7. The van der Waals surface area contributed by atoms with Crippen molar-refractivity contribution >= 4 is 68.3 Å². The summed E-state index contributed by atoms with van der Waals surface area (Å²) in [5.74, 6) is 1.54. The van der Waals surface area contributed by atoms with Crippen molar-refractivity contribution in [3.63, 3.8) is 0 Å². The van der Waals surface area contributed by atoms with Crippen LogP contribution in [0.4, 0.5) is 11.4 Å². The predicted octanol–water partition coefficient (Wildman–Crippen LogP) is 6.99. The molecule has 3 N–H and O–H groups in total. The highest BCUT2D eigenvalue weighted by Gasteiger charge is 2.35. The molecule has 0 aliphatic carbocycles. The zero-order valence-corrected chi connectivity index (χ0v) is 24.4. The lowest BCUT2D eigenvalue weighted by molar-refractivity contribution is 0.0984. The van der Waals surface area contributed by atoms with E-state index in [1.165, 1.54) is 5.56 Å². The number of likely N-dealkylation sites (N-methyl/N-ethyl adjacent to an activating group) is 1. The highest BCUT2D eigenvalue weighted by molar-refractivity contribution is 6.19. The average molecular weight is 603 g/mol. The van der Waals surface area contributed by atoms with Gasteiger partial charge in [0.25, 0.3) is 5.91 Å². The van der Waals surface area contributed by atoms with E-state index in [9.17, 15) is 19.8 Å². The van der Waals surface area contributed by atoms with Crippen molar-refractivity contribution in [3.8, 4) is 11.5 Å². The number of halogens is 2. The Hall–Kier alpha value is -4.20. The van der Waals surface area contributed by atoms with Crippen LogP contribution in [0, 0.1) is 0 Å². The first-order chi connectivity index (χ1) is 20.4. The van der Waals surface area contributed by atoms with E-state index >= 15 is 0 Å². The molecule has 1 amide bonds. The Morgan fingerprint density at radius 3 is 1.90 bits per heavy atom. The van der Waals surface area contributed by atoms with Gasteiger partial charge < -0.3 is 25.0 Å². The zero-order valence-electron chi connectivity index (χ0n) is 22.8. The maximum atomic E-state index is 12.9. The van der Waals surface area contributed by atoms with Gasteiger partial charge in [-0.15, -0.1) is 23.2 Å². The third-order valence-corrected chi connectivity index (χ3v) is 8.93. The topological polar surface area (TPSA) is 96.9 Å². The zero-order chi connectivity index (χ0) is 29.5. The number of amides is 1. The molecule has 2 aliphatic heterocycles. The highest BCUT2D eigenvalue weighted by Crippen LogP contribution is 2.46. The van der Waals surface area contributed by atoms with Gasteiger partial charge >= 0.3 is 0 Å². The third-order valence-electron chi connectivity index (χ3n) is 8.18. The van der Waals surface area contributed by atoms with Crippen LogP contribution in [-0.4, -0.2) is 59.3 Å². The van der Waals surface area contributed by atoms with Crippen LogP contribution in [0.15, 0.2) is 72.8 Å². The number of aldehydes is 1. The quantitative estimate of drug-likeness (QED) is 0.152. The molecule has 3 heterocycles. The van der Waals surface area contributed by atoms with E-state index in [2.05, 4.69) is 16.0 Å². The van der Waals surface area contributed by atoms with Gasteiger partial charge in [0.2, 0.25) is 0 Å². The molecule has 2 aliphatic rings. The Balaban J connectivity index is 0.000000162. The summed E-state index contributed by atoms with van der Waals surface area (Å²) in [6.45, 7) is 1.35. The van der Waals surface area contributed by atoms with Crippen LogP contribution < -0.4 is 9.80 Å². The van der Waals surface area contributed by atoms with Crippen LogP contribution in [0.2, 0.25) is 0 Å². The largest absolute Gasteiger partial charge is 0.507 e. The highest BCUT2D eigenvalue weighted by atomic mass is 35.5. The summed E-state index contributed by atoms with van der Waals surface area (Å²) >= 11 is 12.2. The van der Waals surface area contributed by atoms with E-state index in [-0.39, 0.29) is 17.6 Å². The molecule has 7 nitrogen and oxygen atoms in total. The van der Waals surface area contributed by atoms with Gasteiger partial charge in [-0.25, -0.2) is 0 Å². The molecule has 5 aromatic rings. The van der Waals surface area contributed by atoms with E-state index in [1.807, 2.05) is 55.6 Å². The summed E-state index contributed by atoms with van der Waals surface area (Å²) in [6, 6.07) is 22.1. The van der Waals surface area contributed by atoms with Gasteiger partial charge in [-0.05, 0) is 34.0 Å². The average Bonchev–Trinajstić information content (AvgIpc) is 3.73. The maximum Gasteiger partial charge on any atom is 0.274 e. The Morgan fingerprint density at radius 2 is 1.36 bits per heavy atom. The van der Waals surface area contributed by atoms with Gasteiger partial charge in [-0.1, -0.05) is 48.5 Å². The van der Waals surface area contributed by atoms with Crippen LogP contribution in [-0.2, 0) is 0 Å². The molecule has 9 heteroatoms. The minimum atomic E-state index is -0.253. The van der Waals surface area contributed by atoms with Crippen molar-refractivity contribution in [2.24, 2.45) is 0 Å². The maximum absolute atomic E-state index is 12.9. The normalized spacial score (nSPS) is 17.2. The molecule has 7 rings (SSSR count). The summed E-state index contributed by atoms with van der Waals surface area (Å²) in [4.78, 5) is 30.3. The molecule has 0 spiro atoms. The first kappa shape index (κ1) is 27.9. The van der Waals surface area contributed by atoms with Gasteiger partial charge in [-0.2, -0.15) is 0 Å². The standard InChI is InChI=1S/C19H15ClN2O3.C14H14ClNO/c20-8-11-9-22(19(25)15-6-5-12(10-23)21-15)16-7-17(24)13-3-1-2-4-14(13)18(11)16;1-16-8-9(7-15)14-11-5-3-2-4-10(11)13(17)6-12(14)16/h1-7,10-11,21,24H,8-9H2;2-6,9,17H,7-8H2,1H3. The van der Waals surface area contributed by atoms with Crippen LogP contribution in [0.25, 0.3) is 21.5 Å². The number of hydrogen-bond donors (Lipinski definition) is 3. The summed E-state index contributed by atoms with van der Waals surface area (Å²) in [6.07, 6.45) is 0.662. The molecule has 0 saturated carbocycles. The van der Waals surface area contributed by atoms with Crippen LogP contribution in [0.5, 0.6) is 11.5 Å². The van der Waals surface area contributed by atoms with Gasteiger partial charge in [0, 0.05) is 72.3 Å². The van der Waals surface area contributed by atoms with Crippen LogP contribution in [0.1, 0.15) is 43.9 Å². The molecule has 42 heavy (non-hydrogen) atoms. The van der Waals surface area contributed by atoms with Crippen molar-refractivity contribution in [1.29, 1.82) is 0 Å². The third kappa shape index (κ3) is 4.63. The van der Waals surface area contributed by atoms with Gasteiger partial charge in [-0.3, -0.25) is 9.59 Å². The molecule has 0 fully saturated rings. The minimum Gasteiger partial charge on any atom is -0.507 e. The number of H-pyrrole nitrogens is 1. The summed E-state index contributed by atoms with van der Waals surface area (Å²) in [7, 11) is 2.04. The molecule has 1 aromatic heterocycles. The molecular weight excluding hydrogens is 573 g/mol. The number of benzene rings is 4. The number of carbonyl (C=O) groups is 2. The molecule has 2 atom stereocenters. The number of aromatic amines is 1. The number of phenols is 2. The first-order valence-electron chi connectivity index (χ1n) is 13.6. The van der Waals surface area contributed by atoms with Crippen molar-refractivity contribution in [2.45, 2.75) is 11.8 Å². The van der Waals surface area contributed by atoms with Crippen molar-refractivity contribution in [1.82, 2.24) is 4.98 Å². The van der Waals surface area contributed by atoms with E-state index in [4.69, 9.17) is 23.2 Å². The SMILES string of the molecule is CN1CC(CCl)c2c1cc(O)c1ccccc21.O=Cc1ccc(C(=O)N2CC(CCl)c3c2cc(O)c2ccccc32)[nH]1. The van der Waals surface area contributed by atoms with E-state index in [0.717, 1.165) is 39.3 Å². The molecule has 0 radical (unpaired) electrons. The molecular formula is C33H29Cl2N3O4. The predicted molar refractivity (Wildman–Crippen MR) is 169 cm³/mol. The molecule has 0 bridgehead atoms. The number of phenolic OH excluding ortho intramolecular Hbond substituents is 2. The number of hydrogen-bond acceptors (Lipinski definition) is 5. The van der Waals surface area contributed by atoms with Gasteiger partial charge in [0.05, 0.1) is 11.4 Å². The smallest absolute Gasteiger partial charge is 0.274 e. The second-order valence-corrected chi connectivity index (χ2v) is 11.3. The number of rotatable bonds is 4. The lowest BCUT2D eigenvalue weighted by atomic mass is 9.95. The van der Waals surface area contributed by atoms with Crippen molar-refractivity contribution in [2.75, 3.05) is 41.7 Å². The lowest BCUT2D eigenvalue weighted by Crippen LogP contribution is -2.30. The number of nitrogens with one attached hydrogen (secondary N) is 1. The summed E-state index contributed by atoms with van der Waals surface area (Å²) in [5.41, 5.74) is 4.68. The van der Waals surface area contributed by atoms with Crippen molar-refractivity contribution in [3.05, 3.63) is 95.3 Å². The lowest BCUT2D eigenvalue weighted by Gasteiger charge is -2.17. The van der Waals surface area contributed by atoms with Gasteiger partial charge in [0.15, 0.2) is 6.29 Å². The van der Waals surface area contributed by atoms with Gasteiger partial charge in [0.1, 0.15) is 17.2 Å². The fourth-order valence-corrected chi connectivity index (χ4v) is 6.75. The van der Waals surface area contributed by atoms with Crippen molar-refractivity contribution < 1.29 is 19.8 Å². The Bertz CT molecular complexity index is 1840. The fraction of sp³-hybridized carbons (Fsp3) is 0.212. The Morgan fingerprint density at radius 1 is 0.833 bits per heavy atom. The summed E-state index contributed by atoms with van der Waals surface area (Å²) < 4.78 is 0. The van der Waals surface area contributed by atoms with E-state index in [0.29, 0.717) is 53.3 Å². The fourth-order valence-electron chi connectivity index (χ4n) is 6.25. The number of carbonyl (C=O) groups excluding carboxylic acids is 2. The first-order valence-corrected chi connectivity index (χ1v) is 14.7. The number of aromatic hydroxyl groups is 2. The molecule has 214 valence electrons. The minimum absolute atomic E-state index is 0.0216. The number of anilines is 2. The molecule has 0 saturated heterocycles. The number of fused-ring (bicyclic) bond motifs is 6. The second kappa shape index (κ2) is 11.2. The number of nitrogens with zero attached hydrogens (tertiary/aromatic N) is 2. The number of alkyl halides is 2. The van der Waals surface area contributed by atoms with Crippen LogP contribution in [0.3, 0.4) is 0 Å². The molecule has 2 unspecified atom stereocenters. The molecule has 4 aromatic carbocycles. The van der Waals surface area contributed by atoms with E-state index in [1.54, 1.807) is 23.1 Å². The number of aromatic nitrogens is 1. The van der Waals surface area contributed by atoms with E-state index < -0.39 is 0 Å². The Kier molecular flexibility index (Phi) is 7.47. The van der Waals surface area contributed by atoms with Crippen LogP contribution >= 0.6 is 23.2 Å². The summed E-state index contributed by atoms with van der Waals surface area (Å²) in [5, 5.41) is 24.1. The monoisotopic (exact) mass is 601 g/mol.